The van der Waals surface area contributed by atoms with Gasteiger partial charge in [0.2, 0.25) is 5.91 Å². The minimum absolute atomic E-state index is 0.0418. The van der Waals surface area contributed by atoms with Gasteiger partial charge in [0.1, 0.15) is 0 Å². The number of carbonyl (C=O) groups is 2. The number of carboxylic acid groups (broad SMARTS) is 1. The molecule has 0 heterocycles. The number of aliphatic carboxylic acids is 1. The molecule has 17 heavy (non-hydrogen) atoms. The molecule has 5 heteroatoms. The highest BCUT2D eigenvalue weighted by atomic mass is 16.4. The molecule has 0 aliphatic heterocycles. The van der Waals surface area contributed by atoms with Gasteiger partial charge >= 0.3 is 5.97 Å². The molecule has 5 nitrogen and oxygen atoms in total. The molecular weight excluding hydrogens is 220 g/mol. The predicted octanol–water partition coefficient (Wildman–Crippen LogP) is 0.731. The summed E-state index contributed by atoms with van der Waals surface area (Å²) in [4.78, 5) is 22.9. The van der Waals surface area contributed by atoms with Crippen LogP contribution in [0, 0.1) is 11.3 Å². The molecule has 1 fully saturated rings. The van der Waals surface area contributed by atoms with E-state index < -0.39 is 11.4 Å². The predicted molar refractivity (Wildman–Crippen MR) is 64.4 cm³/mol. The monoisotopic (exact) mass is 242 g/mol. The van der Waals surface area contributed by atoms with Crippen LogP contribution < -0.4 is 11.1 Å². The largest absolute Gasteiger partial charge is 0.481 e. The van der Waals surface area contributed by atoms with Crippen molar-refractivity contribution in [2.45, 2.75) is 45.6 Å². The van der Waals surface area contributed by atoms with E-state index in [0.717, 1.165) is 12.8 Å². The summed E-state index contributed by atoms with van der Waals surface area (Å²) in [6.07, 6.45) is 2.89. The molecule has 98 valence electrons. The van der Waals surface area contributed by atoms with Crippen LogP contribution in [0.3, 0.4) is 0 Å². The van der Waals surface area contributed by atoms with E-state index in [1.807, 2.05) is 6.92 Å². The van der Waals surface area contributed by atoms with Gasteiger partial charge in [-0.25, -0.2) is 0 Å². The summed E-state index contributed by atoms with van der Waals surface area (Å²) < 4.78 is 0. The second-order valence-corrected chi connectivity index (χ2v) is 5.21. The number of carbonyl (C=O) groups excluding carboxylic acids is 1. The molecule has 1 aliphatic carbocycles. The van der Waals surface area contributed by atoms with E-state index in [0.29, 0.717) is 12.8 Å². The van der Waals surface area contributed by atoms with Crippen LogP contribution in [0.25, 0.3) is 0 Å². The van der Waals surface area contributed by atoms with Crippen molar-refractivity contribution in [1.82, 2.24) is 5.32 Å². The third kappa shape index (κ3) is 3.43. The summed E-state index contributed by atoms with van der Waals surface area (Å²) in [6, 6.07) is 0.114. The Labute approximate surface area is 102 Å². The first-order valence-electron chi connectivity index (χ1n) is 6.15. The number of amides is 1. The number of carboxylic acids is 1. The van der Waals surface area contributed by atoms with Gasteiger partial charge in [-0.3, -0.25) is 9.59 Å². The average Bonchev–Trinajstić information content (AvgIpc) is 2.72. The Morgan fingerprint density at radius 1 is 1.47 bits per heavy atom. The minimum Gasteiger partial charge on any atom is -0.481 e. The van der Waals surface area contributed by atoms with Crippen molar-refractivity contribution >= 4 is 11.9 Å². The van der Waals surface area contributed by atoms with E-state index in [-0.39, 0.29) is 24.4 Å². The van der Waals surface area contributed by atoms with Gasteiger partial charge in [0.05, 0.1) is 5.41 Å². The molecule has 0 bridgehead atoms. The van der Waals surface area contributed by atoms with Crippen LogP contribution in [0.1, 0.15) is 39.5 Å². The summed E-state index contributed by atoms with van der Waals surface area (Å²) in [5.41, 5.74) is 4.87. The molecule has 1 amide bonds. The van der Waals surface area contributed by atoms with Crippen molar-refractivity contribution in [1.29, 1.82) is 0 Å². The molecular formula is C12H22N2O3. The lowest BCUT2D eigenvalue weighted by molar-refractivity contribution is -0.148. The molecule has 4 N–H and O–H groups in total. The molecule has 0 saturated heterocycles. The lowest BCUT2D eigenvalue weighted by Crippen LogP contribution is -2.42. The van der Waals surface area contributed by atoms with E-state index in [1.54, 1.807) is 6.92 Å². The molecule has 0 radical (unpaired) electrons. The fourth-order valence-electron chi connectivity index (χ4n) is 2.03. The molecule has 0 aromatic carbocycles. The SMILES string of the molecule is CCC(C)(CNC(=O)C1CCC(N)C1)C(=O)O. The molecule has 1 aliphatic rings. The van der Waals surface area contributed by atoms with Gasteiger partial charge in [0.15, 0.2) is 0 Å². The van der Waals surface area contributed by atoms with E-state index in [9.17, 15) is 9.59 Å². The van der Waals surface area contributed by atoms with Crippen LogP contribution in [0.2, 0.25) is 0 Å². The summed E-state index contributed by atoms with van der Waals surface area (Å²) in [5.74, 6) is -0.970. The smallest absolute Gasteiger partial charge is 0.311 e. The maximum atomic E-state index is 11.8. The summed E-state index contributed by atoms with van der Waals surface area (Å²) in [6.45, 7) is 3.64. The van der Waals surface area contributed by atoms with Gasteiger partial charge in [0.25, 0.3) is 0 Å². The standard InChI is InChI=1S/C12H22N2O3/c1-3-12(2,11(16)17)7-14-10(15)8-4-5-9(13)6-8/h8-9H,3-7,13H2,1-2H3,(H,14,15)(H,16,17). The van der Waals surface area contributed by atoms with Crippen molar-refractivity contribution in [3.63, 3.8) is 0 Å². The lowest BCUT2D eigenvalue weighted by atomic mass is 9.87. The van der Waals surface area contributed by atoms with Gasteiger partial charge in [0, 0.05) is 18.5 Å². The molecule has 1 rings (SSSR count). The second-order valence-electron chi connectivity index (χ2n) is 5.21. The fourth-order valence-corrected chi connectivity index (χ4v) is 2.03. The Kier molecular flexibility index (Phi) is 4.51. The number of nitrogens with one attached hydrogen (secondary N) is 1. The Hall–Kier alpha value is -1.10. The molecule has 0 aromatic rings. The highest BCUT2D eigenvalue weighted by Gasteiger charge is 2.33. The lowest BCUT2D eigenvalue weighted by Gasteiger charge is -2.24. The molecule has 3 atom stereocenters. The van der Waals surface area contributed by atoms with E-state index >= 15 is 0 Å². The normalized spacial score (nSPS) is 27.5. The highest BCUT2D eigenvalue weighted by Crippen LogP contribution is 2.25. The number of nitrogens with two attached hydrogens (primary N) is 1. The van der Waals surface area contributed by atoms with Crippen LogP contribution in [-0.2, 0) is 9.59 Å². The molecule has 0 aromatic heterocycles. The summed E-state index contributed by atoms with van der Waals surface area (Å²) in [7, 11) is 0. The Morgan fingerprint density at radius 2 is 2.12 bits per heavy atom. The maximum absolute atomic E-state index is 11.8. The van der Waals surface area contributed by atoms with Crippen molar-refractivity contribution in [3.05, 3.63) is 0 Å². The average molecular weight is 242 g/mol. The third-order valence-corrected chi connectivity index (χ3v) is 3.79. The summed E-state index contributed by atoms with van der Waals surface area (Å²) in [5, 5.41) is 11.8. The van der Waals surface area contributed by atoms with E-state index in [2.05, 4.69) is 5.32 Å². The Morgan fingerprint density at radius 3 is 2.53 bits per heavy atom. The van der Waals surface area contributed by atoms with Crippen LogP contribution in [0.4, 0.5) is 0 Å². The summed E-state index contributed by atoms with van der Waals surface area (Å²) >= 11 is 0. The van der Waals surface area contributed by atoms with E-state index in [4.69, 9.17) is 10.8 Å². The highest BCUT2D eigenvalue weighted by molar-refractivity contribution is 5.80. The molecule has 3 unspecified atom stereocenters. The Balaban J connectivity index is 2.45. The van der Waals surface area contributed by atoms with Crippen molar-refractivity contribution < 1.29 is 14.7 Å². The Bertz CT molecular complexity index is 306. The zero-order valence-electron chi connectivity index (χ0n) is 10.5. The van der Waals surface area contributed by atoms with Gasteiger partial charge in [-0.15, -0.1) is 0 Å². The zero-order valence-corrected chi connectivity index (χ0v) is 10.5. The van der Waals surface area contributed by atoms with Gasteiger partial charge in [-0.2, -0.15) is 0 Å². The first-order valence-corrected chi connectivity index (χ1v) is 6.15. The first-order chi connectivity index (χ1) is 7.89. The van der Waals surface area contributed by atoms with Crippen molar-refractivity contribution in [2.24, 2.45) is 17.1 Å². The minimum atomic E-state index is -0.879. The second kappa shape index (κ2) is 5.49. The topological polar surface area (TPSA) is 92.4 Å². The molecule has 0 spiro atoms. The van der Waals surface area contributed by atoms with Crippen LogP contribution in [0.5, 0.6) is 0 Å². The van der Waals surface area contributed by atoms with Crippen molar-refractivity contribution in [3.8, 4) is 0 Å². The van der Waals surface area contributed by atoms with Crippen LogP contribution >= 0.6 is 0 Å². The quantitative estimate of drug-likeness (QED) is 0.662. The molecule has 1 saturated carbocycles. The third-order valence-electron chi connectivity index (χ3n) is 3.79. The fraction of sp³-hybridized carbons (Fsp3) is 0.833. The van der Waals surface area contributed by atoms with Crippen LogP contribution in [-0.4, -0.2) is 29.6 Å². The number of rotatable bonds is 5. The van der Waals surface area contributed by atoms with Gasteiger partial charge in [-0.05, 0) is 32.6 Å². The van der Waals surface area contributed by atoms with Gasteiger partial charge in [-0.1, -0.05) is 6.92 Å². The zero-order chi connectivity index (χ0) is 13.1. The van der Waals surface area contributed by atoms with Gasteiger partial charge < -0.3 is 16.2 Å². The first kappa shape index (κ1) is 14.0. The van der Waals surface area contributed by atoms with E-state index in [1.165, 1.54) is 0 Å². The van der Waals surface area contributed by atoms with Crippen molar-refractivity contribution in [2.75, 3.05) is 6.54 Å². The number of hydrogen-bond acceptors (Lipinski definition) is 3. The number of hydrogen-bond donors (Lipinski definition) is 3. The maximum Gasteiger partial charge on any atom is 0.311 e. The van der Waals surface area contributed by atoms with Crippen LogP contribution in [0.15, 0.2) is 0 Å².